The van der Waals surface area contributed by atoms with Crippen LogP contribution in [-0.2, 0) is 28.6 Å². The molecule has 1 atom stereocenters. The van der Waals surface area contributed by atoms with Gasteiger partial charge in [0.2, 0.25) is 0 Å². The molecule has 0 heterocycles. The van der Waals surface area contributed by atoms with Gasteiger partial charge in [0.1, 0.15) is 13.2 Å². The maximum absolute atomic E-state index is 12.9. The predicted octanol–water partition coefficient (Wildman–Crippen LogP) is 22.6. The minimum Gasteiger partial charge on any atom is -0.462 e. The molecular formula is C68H128O6. The van der Waals surface area contributed by atoms with Crippen LogP contribution in [0.25, 0.3) is 0 Å². The third-order valence-electron chi connectivity index (χ3n) is 15.2. The molecule has 0 saturated carbocycles. The molecule has 74 heavy (non-hydrogen) atoms. The Morgan fingerprint density at radius 1 is 0.270 bits per heavy atom. The minimum atomic E-state index is -0.773. The standard InChI is InChI=1S/C68H128O6/c1-4-7-10-13-16-19-22-25-28-30-31-32-33-34-35-36-37-38-39-41-43-46-49-52-55-58-61-67(70)73-64-65(63-72-66(69)60-57-54-51-48-45-42-27-24-21-18-15-12-9-6-3)74-68(71)62-59-56-53-50-47-44-40-29-26-23-20-17-14-11-8-5-2/h15,18,24,27,65H,4-14,16-17,19-23,25-26,28-64H2,1-3H3/b18-15-,27-24-. The zero-order chi connectivity index (χ0) is 53.6. The summed E-state index contributed by atoms with van der Waals surface area (Å²) in [7, 11) is 0. The van der Waals surface area contributed by atoms with Crippen LogP contribution in [0.4, 0.5) is 0 Å². The van der Waals surface area contributed by atoms with Crippen LogP contribution in [0, 0.1) is 0 Å². The Bertz CT molecular complexity index is 1190. The molecule has 0 aromatic heterocycles. The highest BCUT2D eigenvalue weighted by Gasteiger charge is 2.19. The Kier molecular flexibility index (Phi) is 61.6. The van der Waals surface area contributed by atoms with E-state index in [4.69, 9.17) is 14.2 Å². The number of carbonyl (C=O) groups is 3. The van der Waals surface area contributed by atoms with Crippen molar-refractivity contribution >= 4 is 17.9 Å². The molecule has 0 aliphatic carbocycles. The Morgan fingerprint density at radius 3 is 0.784 bits per heavy atom. The molecule has 0 amide bonds. The van der Waals surface area contributed by atoms with E-state index in [0.717, 1.165) is 77.0 Å². The molecule has 0 rings (SSSR count). The molecule has 6 heteroatoms. The number of allylic oxidation sites excluding steroid dienone is 4. The lowest BCUT2D eigenvalue weighted by atomic mass is 10.0. The second-order valence-electron chi connectivity index (χ2n) is 22.7. The van der Waals surface area contributed by atoms with Crippen molar-refractivity contribution in [3.8, 4) is 0 Å². The molecule has 0 aromatic rings. The Balaban J connectivity index is 4.20. The summed E-state index contributed by atoms with van der Waals surface area (Å²) in [6, 6.07) is 0. The average molecular weight is 1040 g/mol. The lowest BCUT2D eigenvalue weighted by molar-refractivity contribution is -0.167. The topological polar surface area (TPSA) is 78.9 Å². The third kappa shape index (κ3) is 60.8. The fourth-order valence-electron chi connectivity index (χ4n) is 10.2. The van der Waals surface area contributed by atoms with E-state index in [-0.39, 0.29) is 31.1 Å². The summed E-state index contributed by atoms with van der Waals surface area (Å²) in [5.41, 5.74) is 0. The van der Waals surface area contributed by atoms with Crippen molar-refractivity contribution in [1.29, 1.82) is 0 Å². The summed E-state index contributed by atoms with van der Waals surface area (Å²) in [6.07, 6.45) is 76.3. The number of rotatable bonds is 62. The van der Waals surface area contributed by atoms with Crippen LogP contribution in [0.1, 0.15) is 374 Å². The molecule has 1 unspecified atom stereocenters. The highest BCUT2D eigenvalue weighted by molar-refractivity contribution is 5.71. The van der Waals surface area contributed by atoms with Crippen LogP contribution in [-0.4, -0.2) is 37.2 Å². The summed E-state index contributed by atoms with van der Waals surface area (Å²) in [6.45, 7) is 6.66. The van der Waals surface area contributed by atoms with E-state index in [1.165, 1.54) is 257 Å². The molecule has 0 aliphatic rings. The van der Waals surface area contributed by atoms with Gasteiger partial charge in [0, 0.05) is 19.3 Å². The van der Waals surface area contributed by atoms with E-state index in [2.05, 4.69) is 45.1 Å². The predicted molar refractivity (Wildman–Crippen MR) is 321 cm³/mol. The number of hydrogen-bond donors (Lipinski definition) is 0. The van der Waals surface area contributed by atoms with Crippen LogP contribution >= 0.6 is 0 Å². The van der Waals surface area contributed by atoms with Crippen LogP contribution in [0.2, 0.25) is 0 Å². The van der Waals surface area contributed by atoms with Crippen molar-refractivity contribution in [2.45, 2.75) is 380 Å². The van der Waals surface area contributed by atoms with Gasteiger partial charge in [-0.3, -0.25) is 14.4 Å². The molecule has 0 saturated heterocycles. The Morgan fingerprint density at radius 2 is 0.500 bits per heavy atom. The van der Waals surface area contributed by atoms with Crippen LogP contribution in [0.3, 0.4) is 0 Å². The molecule has 0 aromatic carbocycles. The first kappa shape index (κ1) is 71.9. The first-order chi connectivity index (χ1) is 36.5. The van der Waals surface area contributed by atoms with Crippen LogP contribution < -0.4 is 0 Å². The maximum atomic E-state index is 12.9. The van der Waals surface area contributed by atoms with Crippen LogP contribution in [0.15, 0.2) is 24.3 Å². The Labute approximate surface area is 462 Å². The first-order valence-electron chi connectivity index (χ1n) is 33.3. The van der Waals surface area contributed by atoms with E-state index < -0.39 is 6.10 Å². The van der Waals surface area contributed by atoms with E-state index >= 15 is 0 Å². The Hall–Kier alpha value is -2.11. The maximum Gasteiger partial charge on any atom is 0.306 e. The monoisotopic (exact) mass is 1040 g/mol. The number of carbonyl (C=O) groups excluding carboxylic acids is 3. The summed E-state index contributed by atoms with van der Waals surface area (Å²) in [5.74, 6) is -0.855. The van der Waals surface area contributed by atoms with Gasteiger partial charge in [-0.05, 0) is 44.9 Å². The van der Waals surface area contributed by atoms with Gasteiger partial charge in [0.15, 0.2) is 6.10 Å². The van der Waals surface area contributed by atoms with Crippen molar-refractivity contribution in [3.63, 3.8) is 0 Å². The molecule has 0 bridgehead atoms. The second-order valence-corrected chi connectivity index (χ2v) is 22.7. The third-order valence-corrected chi connectivity index (χ3v) is 15.2. The quantitative estimate of drug-likeness (QED) is 0.0261. The van der Waals surface area contributed by atoms with Crippen molar-refractivity contribution in [2.75, 3.05) is 13.2 Å². The summed E-state index contributed by atoms with van der Waals surface area (Å²) >= 11 is 0. The molecule has 6 nitrogen and oxygen atoms in total. The van der Waals surface area contributed by atoms with Gasteiger partial charge >= 0.3 is 17.9 Å². The average Bonchev–Trinajstić information content (AvgIpc) is 3.40. The molecule has 436 valence electrons. The molecule has 0 fully saturated rings. The molecule has 0 spiro atoms. The lowest BCUT2D eigenvalue weighted by Gasteiger charge is -2.18. The van der Waals surface area contributed by atoms with Crippen molar-refractivity contribution in [3.05, 3.63) is 24.3 Å². The summed E-state index contributed by atoms with van der Waals surface area (Å²) in [5, 5.41) is 0. The van der Waals surface area contributed by atoms with Gasteiger partial charge in [-0.2, -0.15) is 0 Å². The van der Waals surface area contributed by atoms with Crippen LogP contribution in [0.5, 0.6) is 0 Å². The largest absolute Gasteiger partial charge is 0.462 e. The molecular weight excluding hydrogens is 913 g/mol. The van der Waals surface area contributed by atoms with Gasteiger partial charge in [-0.25, -0.2) is 0 Å². The van der Waals surface area contributed by atoms with Gasteiger partial charge in [0.25, 0.3) is 0 Å². The van der Waals surface area contributed by atoms with E-state index in [0.29, 0.717) is 19.3 Å². The summed E-state index contributed by atoms with van der Waals surface area (Å²) in [4.78, 5) is 38.3. The molecule has 0 aliphatic heterocycles. The van der Waals surface area contributed by atoms with E-state index in [1.807, 2.05) is 0 Å². The zero-order valence-electron chi connectivity index (χ0n) is 50.1. The van der Waals surface area contributed by atoms with Gasteiger partial charge in [-0.1, -0.05) is 334 Å². The minimum absolute atomic E-state index is 0.0696. The number of hydrogen-bond acceptors (Lipinski definition) is 6. The molecule has 0 radical (unpaired) electrons. The fraction of sp³-hybridized carbons (Fsp3) is 0.897. The first-order valence-corrected chi connectivity index (χ1v) is 33.3. The zero-order valence-corrected chi connectivity index (χ0v) is 50.1. The van der Waals surface area contributed by atoms with Gasteiger partial charge < -0.3 is 14.2 Å². The van der Waals surface area contributed by atoms with Crippen molar-refractivity contribution in [1.82, 2.24) is 0 Å². The van der Waals surface area contributed by atoms with E-state index in [1.54, 1.807) is 0 Å². The normalized spacial score (nSPS) is 12.1. The lowest BCUT2D eigenvalue weighted by Crippen LogP contribution is -2.30. The highest BCUT2D eigenvalue weighted by Crippen LogP contribution is 2.18. The summed E-state index contributed by atoms with van der Waals surface area (Å²) < 4.78 is 16.9. The van der Waals surface area contributed by atoms with Gasteiger partial charge in [0.05, 0.1) is 0 Å². The van der Waals surface area contributed by atoms with E-state index in [9.17, 15) is 14.4 Å². The number of esters is 3. The second kappa shape index (κ2) is 63.4. The number of ether oxygens (including phenoxy) is 3. The fourth-order valence-corrected chi connectivity index (χ4v) is 10.2. The SMILES string of the molecule is CCCC/C=C\C/C=C\CCCCCCCC(=O)OCC(COC(=O)CCCCCCCCCCCCCCCCCCCCCCCCCCCC)OC(=O)CCCCCCCCCCCCCCCCCC. The smallest absolute Gasteiger partial charge is 0.306 e. The van der Waals surface area contributed by atoms with Crippen molar-refractivity contribution < 1.29 is 28.6 Å². The highest BCUT2D eigenvalue weighted by atomic mass is 16.6. The van der Waals surface area contributed by atoms with Gasteiger partial charge in [-0.15, -0.1) is 0 Å². The number of unbranched alkanes of at least 4 members (excludes halogenated alkanes) is 47. The van der Waals surface area contributed by atoms with Crippen molar-refractivity contribution in [2.24, 2.45) is 0 Å². The molecule has 0 N–H and O–H groups in total.